The zero-order valence-corrected chi connectivity index (χ0v) is 13.9. The monoisotopic (exact) mass is 332 g/mol. The second-order valence-corrected chi connectivity index (χ2v) is 6.32. The number of nitrogens with one attached hydrogen (secondary N) is 2. The van der Waals surface area contributed by atoms with Crippen LogP contribution in [0.25, 0.3) is 22.2 Å². The molecule has 5 heteroatoms. The van der Waals surface area contributed by atoms with Gasteiger partial charge in [0.1, 0.15) is 0 Å². The van der Waals surface area contributed by atoms with Crippen molar-refractivity contribution in [2.24, 2.45) is 0 Å². The number of hydrogen-bond acceptors (Lipinski definition) is 4. The summed E-state index contributed by atoms with van der Waals surface area (Å²) < 4.78 is 0. The summed E-state index contributed by atoms with van der Waals surface area (Å²) in [4.78, 5) is 21.7. The molecule has 0 radical (unpaired) electrons. The molecule has 3 heterocycles. The minimum absolute atomic E-state index is 0.0393. The van der Waals surface area contributed by atoms with Crippen LogP contribution in [0.3, 0.4) is 0 Å². The summed E-state index contributed by atoms with van der Waals surface area (Å²) in [5.74, 6) is -0.0393. The molecular formula is C20H20N4O. The number of nitrogens with zero attached hydrogens (tertiary/aromatic N) is 2. The molecule has 2 aromatic heterocycles. The fourth-order valence-electron chi connectivity index (χ4n) is 3.27. The van der Waals surface area contributed by atoms with E-state index in [0.29, 0.717) is 5.56 Å². The van der Waals surface area contributed by atoms with Crippen LogP contribution in [0.2, 0.25) is 0 Å². The highest BCUT2D eigenvalue weighted by Crippen LogP contribution is 2.24. The molecule has 25 heavy (non-hydrogen) atoms. The van der Waals surface area contributed by atoms with E-state index in [1.807, 2.05) is 42.5 Å². The zero-order chi connectivity index (χ0) is 17.1. The van der Waals surface area contributed by atoms with E-state index in [9.17, 15) is 4.79 Å². The molecule has 0 aliphatic carbocycles. The van der Waals surface area contributed by atoms with Gasteiger partial charge in [-0.05, 0) is 43.7 Å². The van der Waals surface area contributed by atoms with Gasteiger partial charge in [-0.2, -0.15) is 0 Å². The number of piperidine rings is 1. The molecule has 5 nitrogen and oxygen atoms in total. The third-order valence-corrected chi connectivity index (χ3v) is 4.57. The van der Waals surface area contributed by atoms with Gasteiger partial charge in [0.15, 0.2) is 0 Å². The molecule has 0 saturated carbocycles. The van der Waals surface area contributed by atoms with Gasteiger partial charge in [-0.1, -0.05) is 18.2 Å². The predicted octanol–water partition coefficient (Wildman–Crippen LogP) is 2.78. The summed E-state index contributed by atoms with van der Waals surface area (Å²) in [5, 5.41) is 7.37. The molecule has 1 atom stereocenters. The van der Waals surface area contributed by atoms with Crippen LogP contribution in [0.15, 0.2) is 54.9 Å². The predicted molar refractivity (Wildman–Crippen MR) is 98.3 cm³/mol. The summed E-state index contributed by atoms with van der Waals surface area (Å²) in [6, 6.07) is 13.6. The summed E-state index contributed by atoms with van der Waals surface area (Å²) in [7, 11) is 0. The van der Waals surface area contributed by atoms with Crippen molar-refractivity contribution >= 4 is 16.8 Å². The SMILES string of the molecule is O=C(N[C@H]1CCCNC1)c1cc(-c2ccncc2)nc2ccccc12. The largest absolute Gasteiger partial charge is 0.348 e. The first-order chi connectivity index (χ1) is 12.3. The molecule has 3 aromatic rings. The maximum absolute atomic E-state index is 12.9. The van der Waals surface area contributed by atoms with Crippen molar-refractivity contribution < 1.29 is 4.79 Å². The van der Waals surface area contributed by atoms with E-state index in [4.69, 9.17) is 4.98 Å². The van der Waals surface area contributed by atoms with E-state index < -0.39 is 0 Å². The van der Waals surface area contributed by atoms with Crippen LogP contribution < -0.4 is 10.6 Å². The Kier molecular flexibility index (Phi) is 4.39. The van der Waals surface area contributed by atoms with Crippen LogP contribution in [-0.2, 0) is 0 Å². The van der Waals surface area contributed by atoms with E-state index in [2.05, 4.69) is 15.6 Å². The Morgan fingerprint density at radius 2 is 2.00 bits per heavy atom. The van der Waals surface area contributed by atoms with Gasteiger partial charge in [0.05, 0.1) is 16.8 Å². The first kappa shape index (κ1) is 15.7. The standard InChI is InChI=1S/C20H20N4O/c25-20(23-15-4-3-9-22-13-15)17-12-19(14-7-10-21-11-8-14)24-18-6-2-1-5-16(17)18/h1-2,5-8,10-12,15,22H,3-4,9,13H2,(H,23,25)/t15-/m0/s1. The maximum atomic E-state index is 12.9. The van der Waals surface area contributed by atoms with Gasteiger partial charge in [-0.15, -0.1) is 0 Å². The molecule has 126 valence electrons. The molecule has 1 saturated heterocycles. The van der Waals surface area contributed by atoms with E-state index in [1.54, 1.807) is 12.4 Å². The number of aromatic nitrogens is 2. The third-order valence-electron chi connectivity index (χ3n) is 4.57. The number of amides is 1. The van der Waals surface area contributed by atoms with E-state index in [-0.39, 0.29) is 11.9 Å². The number of para-hydroxylation sites is 1. The number of rotatable bonds is 3. The van der Waals surface area contributed by atoms with Crippen LogP contribution >= 0.6 is 0 Å². The topological polar surface area (TPSA) is 66.9 Å². The van der Waals surface area contributed by atoms with Crippen molar-refractivity contribution in [1.29, 1.82) is 0 Å². The van der Waals surface area contributed by atoms with Gasteiger partial charge in [-0.25, -0.2) is 4.98 Å². The second kappa shape index (κ2) is 6.99. The normalized spacial score (nSPS) is 17.4. The summed E-state index contributed by atoms with van der Waals surface area (Å²) in [5.41, 5.74) is 3.23. The molecule has 2 N–H and O–H groups in total. The smallest absolute Gasteiger partial charge is 0.252 e. The molecule has 0 unspecified atom stereocenters. The highest BCUT2D eigenvalue weighted by molar-refractivity contribution is 6.07. The molecule has 1 aliphatic heterocycles. The number of pyridine rings is 2. The Morgan fingerprint density at radius 1 is 1.16 bits per heavy atom. The van der Waals surface area contributed by atoms with Crippen LogP contribution in [0.1, 0.15) is 23.2 Å². The highest BCUT2D eigenvalue weighted by Gasteiger charge is 2.19. The van der Waals surface area contributed by atoms with E-state index in [1.165, 1.54) is 0 Å². The Morgan fingerprint density at radius 3 is 2.80 bits per heavy atom. The van der Waals surface area contributed by atoms with Crippen LogP contribution in [0.5, 0.6) is 0 Å². The van der Waals surface area contributed by atoms with Crippen LogP contribution in [0.4, 0.5) is 0 Å². The Bertz CT molecular complexity index is 889. The number of fused-ring (bicyclic) bond motifs is 1. The van der Waals surface area contributed by atoms with Gasteiger partial charge >= 0.3 is 0 Å². The van der Waals surface area contributed by atoms with Crippen molar-refractivity contribution in [3.8, 4) is 11.3 Å². The summed E-state index contributed by atoms with van der Waals surface area (Å²) in [6.45, 7) is 1.85. The first-order valence-corrected chi connectivity index (χ1v) is 8.63. The Hall–Kier alpha value is -2.79. The zero-order valence-electron chi connectivity index (χ0n) is 13.9. The molecule has 1 fully saturated rings. The van der Waals surface area contributed by atoms with Crippen molar-refractivity contribution in [1.82, 2.24) is 20.6 Å². The van der Waals surface area contributed by atoms with Crippen LogP contribution in [0, 0.1) is 0 Å². The lowest BCUT2D eigenvalue weighted by Crippen LogP contribution is -2.45. The van der Waals surface area contributed by atoms with Crippen molar-refractivity contribution in [2.75, 3.05) is 13.1 Å². The Labute approximate surface area is 146 Å². The van der Waals surface area contributed by atoms with Crippen molar-refractivity contribution in [3.63, 3.8) is 0 Å². The summed E-state index contributed by atoms with van der Waals surface area (Å²) >= 11 is 0. The fourth-order valence-corrected chi connectivity index (χ4v) is 3.27. The molecule has 1 aromatic carbocycles. The quantitative estimate of drug-likeness (QED) is 0.774. The van der Waals surface area contributed by atoms with Gasteiger partial charge in [0.25, 0.3) is 5.91 Å². The minimum Gasteiger partial charge on any atom is -0.348 e. The molecule has 1 amide bonds. The number of hydrogen-bond donors (Lipinski definition) is 2. The van der Waals surface area contributed by atoms with Crippen molar-refractivity contribution in [2.45, 2.75) is 18.9 Å². The lowest BCUT2D eigenvalue weighted by atomic mass is 10.0. The van der Waals surface area contributed by atoms with Gasteiger partial charge < -0.3 is 10.6 Å². The van der Waals surface area contributed by atoms with E-state index in [0.717, 1.165) is 48.1 Å². The lowest BCUT2D eigenvalue weighted by molar-refractivity contribution is 0.0932. The minimum atomic E-state index is -0.0393. The van der Waals surface area contributed by atoms with Crippen LogP contribution in [-0.4, -0.2) is 35.0 Å². The number of carbonyl (C=O) groups excluding carboxylic acids is 1. The van der Waals surface area contributed by atoms with Crippen molar-refractivity contribution in [3.05, 3.63) is 60.4 Å². The van der Waals surface area contributed by atoms with E-state index >= 15 is 0 Å². The third kappa shape index (κ3) is 3.37. The molecule has 0 bridgehead atoms. The lowest BCUT2D eigenvalue weighted by Gasteiger charge is -2.24. The fraction of sp³-hybridized carbons (Fsp3) is 0.250. The highest BCUT2D eigenvalue weighted by atomic mass is 16.1. The molecule has 1 aliphatic rings. The number of benzene rings is 1. The van der Waals surface area contributed by atoms with Gasteiger partial charge in [-0.3, -0.25) is 9.78 Å². The molecular weight excluding hydrogens is 312 g/mol. The maximum Gasteiger partial charge on any atom is 0.252 e. The molecule has 4 rings (SSSR count). The first-order valence-electron chi connectivity index (χ1n) is 8.63. The summed E-state index contributed by atoms with van der Waals surface area (Å²) in [6.07, 6.45) is 5.57. The average molecular weight is 332 g/mol. The Balaban J connectivity index is 1.74. The van der Waals surface area contributed by atoms with Gasteiger partial charge in [0.2, 0.25) is 0 Å². The van der Waals surface area contributed by atoms with Gasteiger partial charge in [0, 0.05) is 35.9 Å². The molecule has 0 spiro atoms. The average Bonchev–Trinajstić information content (AvgIpc) is 2.68. The number of carbonyl (C=O) groups is 1. The second-order valence-electron chi connectivity index (χ2n) is 6.32.